The highest BCUT2D eigenvalue weighted by Crippen LogP contribution is 2.29. The van der Waals surface area contributed by atoms with Crippen LogP contribution in [0, 0.1) is 21.7 Å². The van der Waals surface area contributed by atoms with Gasteiger partial charge in [0.15, 0.2) is 0 Å². The van der Waals surface area contributed by atoms with Gasteiger partial charge < -0.3 is 25.3 Å². The molecule has 0 atom stereocenters. The maximum Gasteiger partial charge on any atom is 0.302 e. The van der Waals surface area contributed by atoms with Gasteiger partial charge in [0.2, 0.25) is 0 Å². The zero-order valence-corrected chi connectivity index (χ0v) is 16.4. The van der Waals surface area contributed by atoms with Gasteiger partial charge in [0.1, 0.15) is 18.0 Å². The highest BCUT2D eigenvalue weighted by Gasteiger charge is 2.08. The second-order valence-corrected chi connectivity index (χ2v) is 6.31. The normalized spacial score (nSPS) is 10.9. The first-order valence-electron chi connectivity index (χ1n) is 8.68. The molecule has 0 aliphatic carbocycles. The fourth-order valence-corrected chi connectivity index (χ4v) is 2.63. The van der Waals surface area contributed by atoms with Crippen LogP contribution >= 0.6 is 11.6 Å². The lowest BCUT2D eigenvalue weighted by molar-refractivity contribution is -0.715. The van der Waals surface area contributed by atoms with Gasteiger partial charge in [0, 0.05) is 31.3 Å². The highest BCUT2D eigenvalue weighted by molar-refractivity contribution is 6.33. The molecule has 29 heavy (non-hydrogen) atoms. The van der Waals surface area contributed by atoms with E-state index in [0.29, 0.717) is 30.9 Å². The van der Waals surface area contributed by atoms with Gasteiger partial charge in [-0.1, -0.05) is 11.6 Å². The van der Waals surface area contributed by atoms with E-state index in [9.17, 15) is 15.2 Å². The van der Waals surface area contributed by atoms with Crippen LogP contribution in [0.4, 0.5) is 22.7 Å². The van der Waals surface area contributed by atoms with Crippen molar-refractivity contribution >= 4 is 40.3 Å². The van der Waals surface area contributed by atoms with Crippen molar-refractivity contribution in [2.75, 3.05) is 24.6 Å². The minimum Gasteiger partial charge on any atom is -0.628 e. The Bertz CT molecular complexity index is 896. The molecule has 0 unspecified atom stereocenters. The third-order valence-corrected chi connectivity index (χ3v) is 4.13. The van der Waals surface area contributed by atoms with Crippen molar-refractivity contribution in [1.82, 2.24) is 0 Å². The van der Waals surface area contributed by atoms with Crippen LogP contribution in [0.1, 0.15) is 13.3 Å². The lowest BCUT2D eigenvalue weighted by Crippen LogP contribution is -2.96. The summed E-state index contributed by atoms with van der Waals surface area (Å²) in [5, 5.41) is 37.4. The molecule has 152 valence electrons. The lowest BCUT2D eigenvalue weighted by atomic mass is 10.2. The predicted molar refractivity (Wildman–Crippen MR) is 109 cm³/mol. The van der Waals surface area contributed by atoms with Crippen LogP contribution in [0.2, 0.25) is 5.02 Å². The molecule has 2 aromatic carbocycles. The lowest BCUT2D eigenvalue weighted by Gasteiger charge is -2.24. The smallest absolute Gasteiger partial charge is 0.302 e. The number of nitriles is 1. The van der Waals surface area contributed by atoms with Crippen molar-refractivity contribution in [3.63, 3.8) is 0 Å². The highest BCUT2D eigenvalue weighted by atomic mass is 35.5. The number of nitrogens with zero attached hydrogens (tertiary/aromatic N) is 4. The molecule has 0 spiro atoms. The number of carbonyl (C=O) groups is 1. The van der Waals surface area contributed by atoms with E-state index in [0.717, 1.165) is 5.69 Å². The Balaban J connectivity index is 2.08. The summed E-state index contributed by atoms with van der Waals surface area (Å²) in [6, 6.07) is 13.3. The van der Waals surface area contributed by atoms with Crippen LogP contribution in [0.3, 0.4) is 0 Å². The number of quaternary nitrogens is 1. The molecule has 0 saturated heterocycles. The Morgan fingerprint density at radius 1 is 1.21 bits per heavy atom. The van der Waals surface area contributed by atoms with E-state index in [-0.39, 0.29) is 23.3 Å². The first-order chi connectivity index (χ1) is 13.9. The molecule has 2 aromatic rings. The molecule has 0 aliphatic rings. The summed E-state index contributed by atoms with van der Waals surface area (Å²) in [4.78, 5) is 12.9. The summed E-state index contributed by atoms with van der Waals surface area (Å²) >= 11 is 6.01. The maximum atomic E-state index is 10.9. The molecule has 9 nitrogen and oxygen atoms in total. The van der Waals surface area contributed by atoms with Crippen LogP contribution in [0.25, 0.3) is 0 Å². The second kappa shape index (κ2) is 11.1. The molecule has 0 bridgehead atoms. The van der Waals surface area contributed by atoms with E-state index >= 15 is 0 Å². The van der Waals surface area contributed by atoms with Gasteiger partial charge in [-0.3, -0.25) is 4.79 Å². The van der Waals surface area contributed by atoms with Crippen molar-refractivity contribution in [3.8, 4) is 6.07 Å². The molecule has 0 saturated carbocycles. The molecule has 1 N–H and O–H groups in total. The van der Waals surface area contributed by atoms with Gasteiger partial charge in [-0.05, 0) is 30.3 Å². The number of benzene rings is 2. The fourth-order valence-electron chi connectivity index (χ4n) is 2.41. The molecule has 2 rings (SSSR count). The Morgan fingerprint density at radius 2 is 1.93 bits per heavy atom. The van der Waals surface area contributed by atoms with Crippen LogP contribution < -0.4 is 10.1 Å². The molecular formula is C19H19ClN5O4-. The minimum absolute atomic E-state index is 0.0375. The maximum absolute atomic E-state index is 10.9. The molecule has 0 heterocycles. The van der Waals surface area contributed by atoms with E-state index < -0.39 is 5.23 Å². The van der Waals surface area contributed by atoms with E-state index in [4.69, 9.17) is 21.6 Å². The standard InChI is InChI=1S/C19H19ClN5O4/c1-14(26)29-12-11-24(10-2-9-21)16-5-3-15(4-6-16)22-23-19-8-7-17(25(27)28)13-18(19)20/h3-8,13,25H,2,10-12H2,1H3/q-1. The molecule has 0 amide bonds. The third-order valence-electron chi connectivity index (χ3n) is 3.83. The zero-order valence-electron chi connectivity index (χ0n) is 15.7. The molecule has 0 radical (unpaired) electrons. The monoisotopic (exact) mass is 416 g/mol. The van der Waals surface area contributed by atoms with Gasteiger partial charge in [-0.2, -0.15) is 10.4 Å². The Hall–Kier alpha value is -3.03. The molecular weight excluding hydrogens is 398 g/mol. The zero-order chi connectivity index (χ0) is 21.2. The average Bonchev–Trinajstić information content (AvgIpc) is 2.69. The van der Waals surface area contributed by atoms with Crippen molar-refractivity contribution in [3.05, 3.63) is 57.9 Å². The average molecular weight is 417 g/mol. The number of anilines is 1. The first-order valence-corrected chi connectivity index (χ1v) is 9.06. The topological polar surface area (TPSA) is 129 Å². The quantitative estimate of drug-likeness (QED) is 0.378. The summed E-state index contributed by atoms with van der Waals surface area (Å²) in [6.45, 7) is 2.53. The van der Waals surface area contributed by atoms with E-state index in [2.05, 4.69) is 16.3 Å². The van der Waals surface area contributed by atoms with Gasteiger partial charge in [-0.15, -0.1) is 5.11 Å². The van der Waals surface area contributed by atoms with Crippen molar-refractivity contribution in [2.45, 2.75) is 13.3 Å². The molecule has 10 heteroatoms. The number of halogens is 1. The van der Waals surface area contributed by atoms with Gasteiger partial charge in [0.25, 0.3) is 0 Å². The van der Waals surface area contributed by atoms with Crippen LogP contribution in [0.5, 0.6) is 0 Å². The SMILES string of the molecule is CC(=O)OCCN(CCC#N)c1ccc(N=Nc2ccc([NH+]([O-])[O-])cc2Cl)cc1. The number of rotatable bonds is 9. The molecule has 0 fully saturated rings. The van der Waals surface area contributed by atoms with E-state index in [1.54, 1.807) is 12.1 Å². The first kappa shape index (κ1) is 22.3. The number of nitrogens with one attached hydrogen (secondary N) is 1. The summed E-state index contributed by atoms with van der Waals surface area (Å²) in [7, 11) is 0. The summed E-state index contributed by atoms with van der Waals surface area (Å²) in [5.74, 6) is -0.354. The second-order valence-electron chi connectivity index (χ2n) is 5.91. The summed E-state index contributed by atoms with van der Waals surface area (Å²) in [5.41, 5.74) is 1.71. The Morgan fingerprint density at radius 3 is 2.52 bits per heavy atom. The van der Waals surface area contributed by atoms with Crippen LogP contribution in [-0.2, 0) is 9.53 Å². The number of hydrogen-bond acceptors (Lipinski definition) is 8. The van der Waals surface area contributed by atoms with Crippen LogP contribution in [-0.4, -0.2) is 25.7 Å². The van der Waals surface area contributed by atoms with Crippen molar-refractivity contribution in [1.29, 1.82) is 5.26 Å². The van der Waals surface area contributed by atoms with Crippen molar-refractivity contribution in [2.24, 2.45) is 10.2 Å². The Labute approximate surface area is 172 Å². The van der Waals surface area contributed by atoms with Gasteiger partial charge >= 0.3 is 5.97 Å². The number of carbonyl (C=O) groups excluding carboxylic acids is 1. The van der Waals surface area contributed by atoms with Gasteiger partial charge in [0.05, 0.1) is 29.7 Å². The number of hydrogen-bond donors (Lipinski definition) is 1. The number of azo groups is 1. The Kier molecular flexibility index (Phi) is 8.51. The predicted octanol–water partition coefficient (Wildman–Crippen LogP) is 3.55. The van der Waals surface area contributed by atoms with E-state index in [1.807, 2.05) is 17.0 Å². The summed E-state index contributed by atoms with van der Waals surface area (Å²) < 4.78 is 4.97. The van der Waals surface area contributed by atoms with Crippen molar-refractivity contribution < 1.29 is 14.8 Å². The van der Waals surface area contributed by atoms with Crippen LogP contribution in [0.15, 0.2) is 52.7 Å². The molecule has 0 aliphatic heterocycles. The largest absolute Gasteiger partial charge is 0.628 e. The molecule has 0 aromatic heterocycles. The minimum atomic E-state index is -1.32. The number of esters is 1. The van der Waals surface area contributed by atoms with E-state index in [1.165, 1.54) is 25.1 Å². The van der Waals surface area contributed by atoms with Gasteiger partial charge in [-0.25, -0.2) is 0 Å². The third kappa shape index (κ3) is 7.14. The fraction of sp³-hybridized carbons (Fsp3) is 0.263. The summed E-state index contributed by atoms with van der Waals surface area (Å²) in [6.07, 6.45) is 0.335. The number of ether oxygens (including phenoxy) is 1.